The van der Waals surface area contributed by atoms with Crippen molar-refractivity contribution in [1.82, 2.24) is 10.2 Å². The van der Waals surface area contributed by atoms with Gasteiger partial charge in [0.1, 0.15) is 6.04 Å². The smallest absolute Gasteiger partial charge is 0.548 e. The van der Waals surface area contributed by atoms with E-state index in [0.717, 1.165) is 0 Å². The number of carbonyl (C=O) groups is 3. The number of nitrogens with one attached hydrogen (secondary N) is 1. The Bertz CT molecular complexity index is 843. The normalized spacial score (nSPS) is 21.3. The Morgan fingerprint density at radius 2 is 2.04 bits per heavy atom. The van der Waals surface area contributed by atoms with Gasteiger partial charge in [-0.3, -0.25) is 10.1 Å². The van der Waals surface area contributed by atoms with Crippen LogP contribution in [0.25, 0.3) is 0 Å². The predicted molar refractivity (Wildman–Crippen MR) is 88.5 cm³/mol. The van der Waals surface area contributed by atoms with Crippen molar-refractivity contribution in [1.29, 1.82) is 0 Å². The van der Waals surface area contributed by atoms with Gasteiger partial charge in [-0.1, -0.05) is 30.2 Å². The van der Waals surface area contributed by atoms with Crippen molar-refractivity contribution in [2.45, 2.75) is 50.7 Å². The van der Waals surface area contributed by atoms with Crippen LogP contribution in [-0.2, 0) is 20.8 Å². The number of rotatable bonds is 8. The molecule has 0 saturated carbocycles. The van der Waals surface area contributed by atoms with Gasteiger partial charge in [-0.15, -0.1) is 0 Å². The number of nitrogens with zero attached hydrogens (tertiary/aromatic N) is 1. The second kappa shape index (κ2) is 10.7. The monoisotopic (exact) mass is 375 g/mol. The van der Waals surface area contributed by atoms with Crippen molar-refractivity contribution in [3.05, 3.63) is 35.8 Å². The SMILES string of the molecule is [2H]c1c([2H])c([2H])c(CC[C@H](N[C@@H](C)C(=O)N2CCC[C@H]2C(=O)O)C(=O)[O-])c([2H])c1[2H].[Na+]. The predicted octanol–water partition coefficient (Wildman–Crippen LogP) is -3.20. The van der Waals surface area contributed by atoms with Gasteiger partial charge >= 0.3 is 35.5 Å². The van der Waals surface area contributed by atoms with Crippen LogP contribution in [0.5, 0.6) is 0 Å². The molecule has 0 radical (unpaired) electrons. The number of likely N-dealkylation sites (tertiary alicyclic amines) is 1. The summed E-state index contributed by atoms with van der Waals surface area (Å²) in [6, 6.07) is -5.69. The van der Waals surface area contributed by atoms with Gasteiger partial charge in [-0.25, -0.2) is 4.79 Å². The van der Waals surface area contributed by atoms with E-state index < -0.39 is 66.2 Å². The van der Waals surface area contributed by atoms with Crippen molar-refractivity contribution in [3.63, 3.8) is 0 Å². The number of hydrogen-bond acceptors (Lipinski definition) is 5. The van der Waals surface area contributed by atoms with Gasteiger partial charge in [0.05, 0.1) is 18.9 Å². The van der Waals surface area contributed by atoms with Gasteiger partial charge in [0.15, 0.2) is 0 Å². The fourth-order valence-electron chi connectivity index (χ4n) is 2.87. The van der Waals surface area contributed by atoms with Crippen LogP contribution in [0.15, 0.2) is 30.2 Å². The molecule has 2 N–H and O–H groups in total. The molecule has 1 aliphatic heterocycles. The molecule has 0 unspecified atom stereocenters. The Kier molecular flexibility index (Phi) is 6.41. The van der Waals surface area contributed by atoms with E-state index in [1.807, 2.05) is 0 Å². The average molecular weight is 375 g/mol. The molecular formula is C18H23N2NaO5. The molecule has 0 spiro atoms. The van der Waals surface area contributed by atoms with Crippen LogP contribution in [0.1, 0.15) is 38.6 Å². The maximum absolute atomic E-state index is 12.6. The second-order valence-corrected chi connectivity index (χ2v) is 5.93. The fraction of sp³-hybridized carbons (Fsp3) is 0.500. The molecule has 136 valence electrons. The minimum absolute atomic E-state index is 0. The first-order chi connectivity index (χ1) is 14.0. The zero-order chi connectivity index (χ0) is 22.7. The van der Waals surface area contributed by atoms with E-state index >= 15 is 0 Å². The Hall–Kier alpha value is -1.41. The van der Waals surface area contributed by atoms with Crippen molar-refractivity contribution < 1.29 is 61.0 Å². The van der Waals surface area contributed by atoms with Gasteiger partial charge in [0, 0.05) is 12.6 Å². The number of carbonyl (C=O) groups excluding carboxylic acids is 2. The zero-order valence-electron chi connectivity index (χ0n) is 19.8. The maximum Gasteiger partial charge on any atom is 1.00 e. The largest absolute Gasteiger partial charge is 1.00 e. The molecule has 26 heavy (non-hydrogen) atoms. The van der Waals surface area contributed by atoms with Crippen molar-refractivity contribution in [3.8, 4) is 0 Å². The number of carboxylic acid groups (broad SMARTS) is 2. The molecule has 2 rings (SSSR count). The Balaban J connectivity index is 0.00000480. The van der Waals surface area contributed by atoms with Crippen LogP contribution in [-0.4, -0.2) is 52.5 Å². The zero-order valence-corrected chi connectivity index (χ0v) is 16.8. The van der Waals surface area contributed by atoms with Crippen molar-refractivity contribution >= 4 is 17.8 Å². The molecule has 1 aromatic carbocycles. The van der Waals surface area contributed by atoms with Crippen LogP contribution >= 0.6 is 0 Å². The summed E-state index contributed by atoms with van der Waals surface area (Å²) < 4.78 is 38.7. The number of benzene rings is 1. The molecular weight excluding hydrogens is 347 g/mol. The Morgan fingerprint density at radius 3 is 2.62 bits per heavy atom. The Labute approximate surface area is 182 Å². The molecule has 8 heteroatoms. The van der Waals surface area contributed by atoms with Crippen LogP contribution < -0.4 is 40.0 Å². The van der Waals surface area contributed by atoms with Gasteiger partial charge in [0.25, 0.3) is 0 Å². The molecule has 0 bridgehead atoms. The summed E-state index contributed by atoms with van der Waals surface area (Å²) >= 11 is 0. The third-order valence-corrected chi connectivity index (χ3v) is 4.16. The molecule has 1 heterocycles. The third-order valence-electron chi connectivity index (χ3n) is 4.16. The van der Waals surface area contributed by atoms with E-state index in [0.29, 0.717) is 12.8 Å². The van der Waals surface area contributed by atoms with E-state index in [1.54, 1.807) is 0 Å². The minimum atomic E-state index is -1.52. The van der Waals surface area contributed by atoms with E-state index in [9.17, 15) is 24.6 Å². The number of aliphatic carboxylic acids is 2. The Morgan fingerprint density at radius 1 is 1.38 bits per heavy atom. The molecule has 1 aromatic rings. The average Bonchev–Trinajstić information content (AvgIpc) is 3.19. The first-order valence-electron chi connectivity index (χ1n) is 10.5. The van der Waals surface area contributed by atoms with Crippen molar-refractivity contribution in [2.24, 2.45) is 0 Å². The molecule has 7 nitrogen and oxygen atoms in total. The van der Waals surface area contributed by atoms with Crippen molar-refractivity contribution in [2.75, 3.05) is 6.54 Å². The molecule has 0 aromatic heterocycles. The van der Waals surface area contributed by atoms with Crippen LogP contribution in [0.3, 0.4) is 0 Å². The summed E-state index contributed by atoms with van der Waals surface area (Å²) in [4.78, 5) is 36.6. The molecule has 0 aliphatic carbocycles. The minimum Gasteiger partial charge on any atom is -0.548 e. The number of carboxylic acids is 2. The summed E-state index contributed by atoms with van der Waals surface area (Å²) in [5.41, 5.74) is -0.0292. The molecule has 1 saturated heterocycles. The summed E-state index contributed by atoms with van der Waals surface area (Å²) in [7, 11) is 0. The van der Waals surface area contributed by atoms with Crippen LogP contribution in [0.2, 0.25) is 0 Å². The molecule has 1 aliphatic rings. The summed E-state index contributed by atoms with van der Waals surface area (Å²) in [6.45, 7) is 1.68. The topological polar surface area (TPSA) is 110 Å². The summed E-state index contributed by atoms with van der Waals surface area (Å²) in [6.07, 6.45) is 0.530. The maximum atomic E-state index is 12.6. The van der Waals surface area contributed by atoms with E-state index in [4.69, 9.17) is 6.85 Å². The summed E-state index contributed by atoms with van der Waals surface area (Å²) in [5, 5.41) is 23.4. The number of hydrogen-bond donors (Lipinski definition) is 2. The quantitative estimate of drug-likeness (QED) is 0.463. The second-order valence-electron chi connectivity index (χ2n) is 5.93. The van der Waals surface area contributed by atoms with E-state index in [2.05, 4.69) is 5.32 Å². The number of amides is 1. The van der Waals surface area contributed by atoms with Gasteiger partial charge in [-0.05, 0) is 38.2 Å². The molecule has 1 fully saturated rings. The summed E-state index contributed by atoms with van der Waals surface area (Å²) in [5.74, 6) is -3.18. The van der Waals surface area contributed by atoms with E-state index in [1.165, 1.54) is 11.8 Å². The van der Waals surface area contributed by atoms with Gasteiger partial charge in [-0.2, -0.15) is 0 Å². The van der Waals surface area contributed by atoms with E-state index in [-0.39, 0.29) is 54.5 Å². The van der Waals surface area contributed by atoms with Gasteiger partial charge < -0.3 is 19.9 Å². The standard InChI is InChI=1S/C18H24N2O5.Na/c1-12(16(21)20-11-5-8-15(20)18(24)25)19-14(17(22)23)10-9-13-6-3-2-4-7-13;/h2-4,6-7,12,14-15,19H,5,8-11H2,1H3,(H,22,23)(H,24,25);/q;+1/p-1/t12-,14-,15-;/m0./s1/i2D,3D,4D,6D,7D;. The molecule has 1 amide bonds. The van der Waals surface area contributed by atoms with Crippen LogP contribution in [0.4, 0.5) is 0 Å². The third kappa shape index (κ3) is 6.09. The fourth-order valence-corrected chi connectivity index (χ4v) is 2.87. The first-order valence-corrected chi connectivity index (χ1v) is 8.03. The first kappa shape index (κ1) is 15.6. The van der Waals surface area contributed by atoms with Gasteiger partial charge in [0.2, 0.25) is 5.91 Å². The van der Waals surface area contributed by atoms with Crippen LogP contribution in [0, 0.1) is 0 Å². The molecule has 3 atom stereocenters.